The first kappa shape index (κ1) is 14.0. The number of hydrogen-bond acceptors (Lipinski definition) is 3. The van der Waals surface area contributed by atoms with Gasteiger partial charge in [0.2, 0.25) is 0 Å². The minimum atomic E-state index is -0.335. The van der Waals surface area contributed by atoms with E-state index in [2.05, 4.69) is 24.4 Å². The Morgan fingerprint density at radius 2 is 2.26 bits per heavy atom. The Hall–Kier alpha value is -1.39. The molecule has 1 saturated heterocycles. The summed E-state index contributed by atoms with van der Waals surface area (Å²) in [6.07, 6.45) is -0.335. The van der Waals surface area contributed by atoms with E-state index in [0.717, 1.165) is 6.54 Å². The van der Waals surface area contributed by atoms with Crippen LogP contribution in [0.3, 0.4) is 0 Å². The zero-order valence-corrected chi connectivity index (χ0v) is 11.7. The second-order valence-corrected chi connectivity index (χ2v) is 4.84. The number of ether oxygens (including phenoxy) is 1. The van der Waals surface area contributed by atoms with Gasteiger partial charge in [-0.2, -0.15) is 0 Å². The number of likely N-dealkylation sites (N-methyl/N-ethyl adjacent to an activating group) is 1. The van der Waals surface area contributed by atoms with Gasteiger partial charge in [0.1, 0.15) is 6.10 Å². The largest absolute Gasteiger partial charge is 0.366 e. The number of carbonyl (C=O) groups is 1. The Bertz CT molecular complexity index is 428. The number of morpholine rings is 1. The number of nitrogens with zero attached hydrogens (tertiary/aromatic N) is 1. The molecule has 1 fully saturated rings. The fourth-order valence-electron chi connectivity index (χ4n) is 2.27. The number of amides is 1. The van der Waals surface area contributed by atoms with Crippen molar-refractivity contribution >= 4 is 5.91 Å². The molecule has 1 aromatic carbocycles. The van der Waals surface area contributed by atoms with Gasteiger partial charge in [0.25, 0.3) is 5.91 Å². The second-order valence-electron chi connectivity index (χ2n) is 4.84. The van der Waals surface area contributed by atoms with Crippen LogP contribution in [-0.4, -0.2) is 43.2 Å². The third-order valence-corrected chi connectivity index (χ3v) is 3.52. The zero-order valence-electron chi connectivity index (χ0n) is 11.7. The molecule has 0 aliphatic carbocycles. The summed E-state index contributed by atoms with van der Waals surface area (Å²) in [6, 6.07) is 8.18. The van der Waals surface area contributed by atoms with Gasteiger partial charge in [-0.05, 0) is 25.0 Å². The van der Waals surface area contributed by atoms with E-state index in [1.165, 1.54) is 11.1 Å². The summed E-state index contributed by atoms with van der Waals surface area (Å²) in [5, 5.41) is 3.20. The maximum absolute atomic E-state index is 12.4. The van der Waals surface area contributed by atoms with Crippen molar-refractivity contribution in [3.63, 3.8) is 0 Å². The molecule has 19 heavy (non-hydrogen) atoms. The van der Waals surface area contributed by atoms with Crippen LogP contribution in [0, 0.1) is 6.92 Å². The van der Waals surface area contributed by atoms with Gasteiger partial charge in [-0.15, -0.1) is 0 Å². The van der Waals surface area contributed by atoms with Gasteiger partial charge < -0.3 is 15.0 Å². The summed E-state index contributed by atoms with van der Waals surface area (Å²) in [7, 11) is 0. The fourth-order valence-corrected chi connectivity index (χ4v) is 2.27. The molecule has 4 heteroatoms. The summed E-state index contributed by atoms with van der Waals surface area (Å²) in [6.45, 7) is 7.49. The Morgan fingerprint density at radius 3 is 2.89 bits per heavy atom. The Morgan fingerprint density at radius 1 is 1.47 bits per heavy atom. The van der Waals surface area contributed by atoms with E-state index in [1.54, 1.807) is 0 Å². The van der Waals surface area contributed by atoms with Crippen molar-refractivity contribution in [1.82, 2.24) is 10.2 Å². The topological polar surface area (TPSA) is 41.6 Å². The van der Waals surface area contributed by atoms with Crippen LogP contribution in [0.25, 0.3) is 0 Å². The molecular formula is C15H22N2O2. The number of benzene rings is 1. The molecule has 104 valence electrons. The predicted molar refractivity (Wildman–Crippen MR) is 74.9 cm³/mol. The third kappa shape index (κ3) is 3.55. The molecule has 1 amide bonds. The SMILES string of the molecule is CCN(Cc1ccccc1C)C(=O)C1CNCCO1. The standard InChI is InChI=1S/C15H22N2O2/c1-3-17(11-13-7-5-4-6-12(13)2)15(18)14-10-16-8-9-19-14/h4-7,14,16H,3,8-11H2,1-2H3. The summed E-state index contributed by atoms with van der Waals surface area (Å²) in [5.41, 5.74) is 2.41. The Balaban J connectivity index is 2.03. The van der Waals surface area contributed by atoms with Gasteiger partial charge in [-0.1, -0.05) is 24.3 Å². The summed E-state index contributed by atoms with van der Waals surface area (Å²) < 4.78 is 5.54. The van der Waals surface area contributed by atoms with Crippen molar-refractivity contribution in [2.75, 3.05) is 26.2 Å². The molecule has 4 nitrogen and oxygen atoms in total. The van der Waals surface area contributed by atoms with Crippen LogP contribution in [0.5, 0.6) is 0 Å². The van der Waals surface area contributed by atoms with Crippen LogP contribution in [-0.2, 0) is 16.1 Å². The van der Waals surface area contributed by atoms with E-state index in [9.17, 15) is 4.79 Å². The summed E-state index contributed by atoms with van der Waals surface area (Å²) in [4.78, 5) is 14.3. The van der Waals surface area contributed by atoms with Crippen LogP contribution in [0.15, 0.2) is 24.3 Å². The van der Waals surface area contributed by atoms with E-state index in [0.29, 0.717) is 26.2 Å². The highest BCUT2D eigenvalue weighted by Gasteiger charge is 2.26. The molecule has 1 heterocycles. The maximum Gasteiger partial charge on any atom is 0.253 e. The third-order valence-electron chi connectivity index (χ3n) is 3.52. The van der Waals surface area contributed by atoms with E-state index in [-0.39, 0.29) is 12.0 Å². The molecular weight excluding hydrogens is 240 g/mol. The van der Waals surface area contributed by atoms with Gasteiger partial charge in [0.15, 0.2) is 0 Å². The van der Waals surface area contributed by atoms with Crippen LogP contribution in [0.2, 0.25) is 0 Å². The monoisotopic (exact) mass is 262 g/mol. The van der Waals surface area contributed by atoms with Crippen molar-refractivity contribution in [3.05, 3.63) is 35.4 Å². The summed E-state index contributed by atoms with van der Waals surface area (Å²) >= 11 is 0. The van der Waals surface area contributed by atoms with Gasteiger partial charge in [-0.3, -0.25) is 4.79 Å². The van der Waals surface area contributed by atoms with Gasteiger partial charge in [-0.25, -0.2) is 0 Å². The van der Waals surface area contributed by atoms with E-state index >= 15 is 0 Å². The molecule has 1 aliphatic heterocycles. The number of hydrogen-bond donors (Lipinski definition) is 1. The van der Waals surface area contributed by atoms with E-state index < -0.39 is 0 Å². The van der Waals surface area contributed by atoms with Crippen molar-refractivity contribution in [2.24, 2.45) is 0 Å². The molecule has 1 atom stereocenters. The number of aryl methyl sites for hydroxylation is 1. The van der Waals surface area contributed by atoms with E-state index in [4.69, 9.17) is 4.74 Å². The summed E-state index contributed by atoms with van der Waals surface area (Å²) in [5.74, 6) is 0.0814. The lowest BCUT2D eigenvalue weighted by molar-refractivity contribution is -0.145. The molecule has 2 rings (SSSR count). The van der Waals surface area contributed by atoms with Crippen molar-refractivity contribution in [1.29, 1.82) is 0 Å². The fraction of sp³-hybridized carbons (Fsp3) is 0.533. The Kier molecular flexibility index (Phi) is 4.93. The molecule has 0 saturated carbocycles. The molecule has 0 spiro atoms. The number of nitrogens with one attached hydrogen (secondary N) is 1. The lowest BCUT2D eigenvalue weighted by atomic mass is 10.1. The quantitative estimate of drug-likeness (QED) is 0.890. The predicted octanol–water partition coefficient (Wildman–Crippen LogP) is 1.33. The van der Waals surface area contributed by atoms with Gasteiger partial charge in [0.05, 0.1) is 6.61 Å². The van der Waals surface area contributed by atoms with Crippen LogP contribution in [0.4, 0.5) is 0 Å². The Labute approximate surface area is 114 Å². The molecule has 0 radical (unpaired) electrons. The molecule has 0 bridgehead atoms. The van der Waals surface area contributed by atoms with Crippen LogP contribution in [0.1, 0.15) is 18.1 Å². The smallest absolute Gasteiger partial charge is 0.253 e. The molecule has 0 aromatic heterocycles. The highest BCUT2D eigenvalue weighted by molar-refractivity contribution is 5.81. The normalized spacial score (nSPS) is 19.2. The first-order valence-corrected chi connectivity index (χ1v) is 6.88. The maximum atomic E-state index is 12.4. The number of carbonyl (C=O) groups excluding carboxylic acids is 1. The van der Waals surface area contributed by atoms with Crippen molar-refractivity contribution in [2.45, 2.75) is 26.5 Å². The average Bonchev–Trinajstić information content (AvgIpc) is 2.47. The minimum absolute atomic E-state index is 0.0814. The van der Waals surface area contributed by atoms with Gasteiger partial charge >= 0.3 is 0 Å². The average molecular weight is 262 g/mol. The van der Waals surface area contributed by atoms with Crippen LogP contribution >= 0.6 is 0 Å². The molecule has 1 unspecified atom stereocenters. The zero-order chi connectivity index (χ0) is 13.7. The highest BCUT2D eigenvalue weighted by atomic mass is 16.5. The van der Waals surface area contributed by atoms with Gasteiger partial charge in [0, 0.05) is 26.2 Å². The van der Waals surface area contributed by atoms with E-state index in [1.807, 2.05) is 24.0 Å². The lowest BCUT2D eigenvalue weighted by Gasteiger charge is -2.29. The second kappa shape index (κ2) is 6.68. The highest BCUT2D eigenvalue weighted by Crippen LogP contribution is 2.12. The molecule has 1 N–H and O–H groups in total. The van der Waals surface area contributed by atoms with Crippen LogP contribution < -0.4 is 5.32 Å². The van der Waals surface area contributed by atoms with Crippen molar-refractivity contribution in [3.8, 4) is 0 Å². The molecule has 1 aromatic rings. The lowest BCUT2D eigenvalue weighted by Crippen LogP contribution is -2.49. The molecule has 1 aliphatic rings. The first-order chi connectivity index (χ1) is 9.22. The van der Waals surface area contributed by atoms with Crippen molar-refractivity contribution < 1.29 is 9.53 Å². The first-order valence-electron chi connectivity index (χ1n) is 6.88. The minimum Gasteiger partial charge on any atom is -0.366 e. The number of rotatable bonds is 4.